The van der Waals surface area contributed by atoms with Gasteiger partial charge in [-0.15, -0.1) is 0 Å². The van der Waals surface area contributed by atoms with Crippen molar-refractivity contribution >= 4 is 17.2 Å². The molecule has 1 aromatic carbocycles. The molecule has 0 radical (unpaired) electrons. The third-order valence-electron chi connectivity index (χ3n) is 3.95. The molecule has 4 rings (SSSR count). The van der Waals surface area contributed by atoms with E-state index in [1.807, 2.05) is 24.0 Å². The molecule has 0 saturated heterocycles. The van der Waals surface area contributed by atoms with Gasteiger partial charge in [0, 0.05) is 18.8 Å². The van der Waals surface area contributed by atoms with Gasteiger partial charge < -0.3 is 4.90 Å². The number of aromatic nitrogens is 3. The topological polar surface area (TPSA) is 50.5 Å². The molecule has 0 spiro atoms. The molecule has 0 bridgehead atoms. The van der Waals surface area contributed by atoms with Crippen molar-refractivity contribution in [2.45, 2.75) is 13.3 Å². The largest absolute Gasteiger partial charge is 0.306 e. The zero-order chi connectivity index (χ0) is 14.4. The van der Waals surface area contributed by atoms with Crippen LogP contribution in [0.3, 0.4) is 0 Å². The first-order valence-corrected chi connectivity index (χ1v) is 6.95. The summed E-state index contributed by atoms with van der Waals surface area (Å²) >= 11 is 0. The first-order valence-electron chi connectivity index (χ1n) is 6.95. The Bertz CT molecular complexity index is 852. The smallest absolute Gasteiger partial charge is 0.277 e. The second-order valence-corrected chi connectivity index (χ2v) is 5.22. The molecule has 0 saturated carbocycles. The van der Waals surface area contributed by atoms with E-state index in [9.17, 15) is 4.79 Å². The second kappa shape index (κ2) is 4.41. The Morgan fingerprint density at radius 1 is 1.19 bits per heavy atom. The lowest BCUT2D eigenvalue weighted by atomic mass is 10.1. The highest BCUT2D eigenvalue weighted by Crippen LogP contribution is 2.32. The van der Waals surface area contributed by atoms with Crippen LogP contribution in [0.1, 0.15) is 21.6 Å². The lowest BCUT2D eigenvalue weighted by Crippen LogP contribution is -2.31. The maximum absolute atomic E-state index is 12.9. The molecule has 0 N–H and O–H groups in total. The number of rotatable bonds is 1. The van der Waals surface area contributed by atoms with E-state index in [2.05, 4.69) is 16.1 Å². The molecule has 0 atom stereocenters. The fourth-order valence-corrected chi connectivity index (χ4v) is 2.99. The molecule has 0 aliphatic carbocycles. The minimum absolute atomic E-state index is 0.0286. The predicted molar refractivity (Wildman–Crippen MR) is 79.5 cm³/mol. The van der Waals surface area contributed by atoms with Crippen LogP contribution in [0.15, 0.2) is 42.7 Å². The Labute approximate surface area is 121 Å². The Morgan fingerprint density at radius 3 is 3.00 bits per heavy atom. The normalized spacial score (nSPS) is 13.7. The summed E-state index contributed by atoms with van der Waals surface area (Å²) in [6, 6.07) is 9.69. The zero-order valence-corrected chi connectivity index (χ0v) is 11.7. The van der Waals surface area contributed by atoms with E-state index < -0.39 is 0 Å². The van der Waals surface area contributed by atoms with Gasteiger partial charge in [-0.1, -0.05) is 18.2 Å². The van der Waals surface area contributed by atoms with E-state index in [1.165, 1.54) is 5.56 Å². The third-order valence-corrected chi connectivity index (χ3v) is 3.95. The van der Waals surface area contributed by atoms with Crippen molar-refractivity contribution in [1.29, 1.82) is 0 Å². The molecule has 5 heteroatoms. The van der Waals surface area contributed by atoms with Crippen molar-refractivity contribution in [3.05, 3.63) is 59.5 Å². The third kappa shape index (κ3) is 1.74. The molecule has 0 fully saturated rings. The van der Waals surface area contributed by atoms with Crippen LogP contribution in [-0.2, 0) is 6.42 Å². The number of hydrogen-bond acceptors (Lipinski definition) is 3. The summed E-state index contributed by atoms with van der Waals surface area (Å²) in [6.07, 6.45) is 4.21. The van der Waals surface area contributed by atoms with E-state index in [0.29, 0.717) is 17.9 Å². The van der Waals surface area contributed by atoms with Crippen LogP contribution in [0.25, 0.3) is 5.65 Å². The standard InChI is InChI=1S/C16H14N4O/c1-11-3-2-4-12-7-10-19(15(11)12)16(21)13-5-8-17-14-6-9-18-20(13)14/h2-6,8-9H,7,10H2,1H3. The highest BCUT2D eigenvalue weighted by molar-refractivity contribution is 6.06. The molecule has 2 aromatic heterocycles. The Kier molecular flexibility index (Phi) is 2.54. The number of para-hydroxylation sites is 1. The van der Waals surface area contributed by atoms with E-state index >= 15 is 0 Å². The lowest BCUT2D eigenvalue weighted by Gasteiger charge is -2.19. The van der Waals surface area contributed by atoms with Gasteiger partial charge in [-0.2, -0.15) is 5.10 Å². The summed E-state index contributed by atoms with van der Waals surface area (Å²) in [5, 5.41) is 4.20. The van der Waals surface area contributed by atoms with Crippen molar-refractivity contribution in [3.8, 4) is 0 Å². The monoisotopic (exact) mass is 278 g/mol. The predicted octanol–water partition coefficient (Wildman–Crippen LogP) is 2.24. The molecule has 3 aromatic rings. The quantitative estimate of drug-likeness (QED) is 0.686. The highest BCUT2D eigenvalue weighted by atomic mass is 16.2. The van der Waals surface area contributed by atoms with Gasteiger partial charge in [0.15, 0.2) is 5.65 Å². The van der Waals surface area contributed by atoms with Gasteiger partial charge in [0.1, 0.15) is 5.69 Å². The number of anilines is 1. The summed E-state index contributed by atoms with van der Waals surface area (Å²) in [4.78, 5) is 19.0. The van der Waals surface area contributed by atoms with Crippen molar-refractivity contribution in [3.63, 3.8) is 0 Å². The molecule has 5 nitrogen and oxygen atoms in total. The number of nitrogens with zero attached hydrogens (tertiary/aromatic N) is 4. The fourth-order valence-electron chi connectivity index (χ4n) is 2.99. The summed E-state index contributed by atoms with van der Waals surface area (Å²) < 4.78 is 1.60. The molecule has 21 heavy (non-hydrogen) atoms. The van der Waals surface area contributed by atoms with Gasteiger partial charge in [-0.05, 0) is 30.5 Å². The number of hydrogen-bond donors (Lipinski definition) is 0. The van der Waals surface area contributed by atoms with E-state index in [4.69, 9.17) is 0 Å². The van der Waals surface area contributed by atoms with Crippen molar-refractivity contribution in [2.75, 3.05) is 11.4 Å². The average molecular weight is 278 g/mol. The highest BCUT2D eigenvalue weighted by Gasteiger charge is 2.28. The number of fused-ring (bicyclic) bond motifs is 2. The molecule has 1 aliphatic heterocycles. The summed E-state index contributed by atoms with van der Waals surface area (Å²) in [5.74, 6) is -0.0286. The Balaban J connectivity index is 1.83. The molecular formula is C16H14N4O. The van der Waals surface area contributed by atoms with Gasteiger partial charge in [-0.3, -0.25) is 4.79 Å². The van der Waals surface area contributed by atoms with Gasteiger partial charge in [0.25, 0.3) is 5.91 Å². The van der Waals surface area contributed by atoms with Gasteiger partial charge in [-0.25, -0.2) is 9.50 Å². The van der Waals surface area contributed by atoms with Crippen LogP contribution in [-0.4, -0.2) is 27.0 Å². The second-order valence-electron chi connectivity index (χ2n) is 5.22. The minimum Gasteiger partial charge on any atom is -0.306 e. The summed E-state index contributed by atoms with van der Waals surface area (Å²) in [6.45, 7) is 2.75. The van der Waals surface area contributed by atoms with Crippen molar-refractivity contribution < 1.29 is 4.79 Å². The lowest BCUT2D eigenvalue weighted by molar-refractivity contribution is 0.0982. The van der Waals surface area contributed by atoms with Crippen LogP contribution < -0.4 is 4.90 Å². The summed E-state index contributed by atoms with van der Waals surface area (Å²) in [5.41, 5.74) is 4.63. The fraction of sp³-hybridized carbons (Fsp3) is 0.188. The van der Waals surface area contributed by atoms with Crippen LogP contribution in [0.2, 0.25) is 0 Å². The van der Waals surface area contributed by atoms with Crippen LogP contribution in [0.5, 0.6) is 0 Å². The van der Waals surface area contributed by atoms with E-state index in [1.54, 1.807) is 29.0 Å². The molecule has 1 aliphatic rings. The SMILES string of the molecule is Cc1cccc2c1N(C(=O)c1ccnc3ccnn13)CC2. The molecule has 1 amide bonds. The van der Waals surface area contributed by atoms with Gasteiger partial charge in [0.2, 0.25) is 0 Å². The number of carbonyl (C=O) groups excluding carboxylic acids is 1. The molecular weight excluding hydrogens is 264 g/mol. The zero-order valence-electron chi connectivity index (χ0n) is 11.7. The Hall–Kier alpha value is -2.69. The van der Waals surface area contributed by atoms with E-state index in [-0.39, 0.29) is 5.91 Å². The number of aryl methyl sites for hydroxylation is 1. The maximum Gasteiger partial charge on any atom is 0.277 e. The molecule has 104 valence electrons. The number of amides is 1. The first kappa shape index (κ1) is 12.1. The van der Waals surface area contributed by atoms with E-state index in [0.717, 1.165) is 17.7 Å². The first-order chi connectivity index (χ1) is 10.3. The summed E-state index contributed by atoms with van der Waals surface area (Å²) in [7, 11) is 0. The Morgan fingerprint density at radius 2 is 2.10 bits per heavy atom. The molecule has 0 unspecified atom stereocenters. The van der Waals surface area contributed by atoms with Crippen molar-refractivity contribution in [1.82, 2.24) is 14.6 Å². The maximum atomic E-state index is 12.9. The van der Waals surface area contributed by atoms with Crippen molar-refractivity contribution in [2.24, 2.45) is 0 Å². The number of benzene rings is 1. The van der Waals surface area contributed by atoms with Crippen LogP contribution >= 0.6 is 0 Å². The van der Waals surface area contributed by atoms with Gasteiger partial charge >= 0.3 is 0 Å². The number of carbonyl (C=O) groups is 1. The van der Waals surface area contributed by atoms with Crippen LogP contribution in [0.4, 0.5) is 5.69 Å². The minimum atomic E-state index is -0.0286. The van der Waals surface area contributed by atoms with Crippen LogP contribution in [0, 0.1) is 6.92 Å². The average Bonchev–Trinajstić information content (AvgIpc) is 3.13. The van der Waals surface area contributed by atoms with Gasteiger partial charge in [0.05, 0.1) is 11.9 Å². The molecule has 3 heterocycles.